The molecule has 2 amide bonds. The first-order valence-electron chi connectivity index (χ1n) is 5.46. The van der Waals surface area contributed by atoms with Gasteiger partial charge in [0.15, 0.2) is 0 Å². The Labute approximate surface area is 102 Å². The molecule has 5 heteroatoms. The van der Waals surface area contributed by atoms with Crippen molar-refractivity contribution in [2.75, 3.05) is 7.05 Å². The molecule has 0 atom stereocenters. The third-order valence-electron chi connectivity index (χ3n) is 1.89. The van der Waals surface area contributed by atoms with Crippen LogP contribution in [0.3, 0.4) is 0 Å². The average molecular weight is 237 g/mol. The molecule has 0 spiro atoms. The van der Waals surface area contributed by atoms with Gasteiger partial charge in [0.05, 0.1) is 0 Å². The molecule has 0 bridgehead atoms. The van der Waals surface area contributed by atoms with Crippen molar-refractivity contribution in [1.29, 1.82) is 0 Å². The molecule has 0 saturated carbocycles. The summed E-state index contributed by atoms with van der Waals surface area (Å²) in [6.07, 6.45) is 3.96. The first kappa shape index (κ1) is 15.1. The number of rotatable bonds is 5. The van der Waals surface area contributed by atoms with Crippen LogP contribution in [0.2, 0.25) is 0 Å². The molecule has 0 aliphatic heterocycles. The molecule has 0 rings (SSSR count). The zero-order chi connectivity index (χ0) is 13.3. The standard InChI is InChI=1S/C12H19N3O2/c1-5-11(16)14-9(3)7-8-10(13-4)15-12(17)6-2/h7-8H,3,5-6H2,1-2,4H3,(H,14,16)(H,13,15,17)/b8-7-. The summed E-state index contributed by atoms with van der Waals surface area (Å²) in [5.74, 6) is 0.217. The van der Waals surface area contributed by atoms with Gasteiger partial charge in [-0.1, -0.05) is 20.4 Å². The third-order valence-corrected chi connectivity index (χ3v) is 1.89. The summed E-state index contributed by atoms with van der Waals surface area (Å²) in [7, 11) is 1.57. The Morgan fingerprint density at radius 3 is 2.12 bits per heavy atom. The second kappa shape index (κ2) is 8.27. The number of hydrogen-bond donors (Lipinski definition) is 2. The maximum Gasteiger partial charge on any atom is 0.225 e. The second-order valence-electron chi connectivity index (χ2n) is 3.27. The third kappa shape index (κ3) is 7.05. The van der Waals surface area contributed by atoms with Crippen molar-refractivity contribution in [3.05, 3.63) is 24.4 Å². The van der Waals surface area contributed by atoms with Crippen molar-refractivity contribution in [3.8, 4) is 0 Å². The minimum Gasteiger partial charge on any atom is -0.327 e. The fourth-order valence-corrected chi connectivity index (χ4v) is 0.892. The summed E-state index contributed by atoms with van der Waals surface area (Å²) < 4.78 is 0. The van der Waals surface area contributed by atoms with E-state index in [1.54, 1.807) is 33.0 Å². The van der Waals surface area contributed by atoms with Crippen LogP contribution in [-0.2, 0) is 9.59 Å². The summed E-state index contributed by atoms with van der Waals surface area (Å²) in [6.45, 7) is 7.18. The van der Waals surface area contributed by atoms with Crippen LogP contribution in [0.5, 0.6) is 0 Å². The fraction of sp³-hybridized carbons (Fsp3) is 0.417. The van der Waals surface area contributed by atoms with Gasteiger partial charge in [0.1, 0.15) is 5.84 Å². The summed E-state index contributed by atoms with van der Waals surface area (Å²) >= 11 is 0. The van der Waals surface area contributed by atoms with E-state index in [1.807, 2.05) is 0 Å². The number of amides is 2. The minimum atomic E-state index is -0.113. The topological polar surface area (TPSA) is 70.6 Å². The van der Waals surface area contributed by atoms with Crippen molar-refractivity contribution in [1.82, 2.24) is 10.6 Å². The summed E-state index contributed by atoms with van der Waals surface area (Å²) in [6, 6.07) is 0. The molecule has 0 radical (unpaired) electrons. The van der Waals surface area contributed by atoms with Crippen LogP contribution in [0.4, 0.5) is 0 Å². The van der Waals surface area contributed by atoms with Crippen molar-refractivity contribution in [3.63, 3.8) is 0 Å². The molecule has 0 aliphatic rings. The normalized spacial score (nSPS) is 11.4. The van der Waals surface area contributed by atoms with Crippen LogP contribution >= 0.6 is 0 Å². The molecule has 94 valence electrons. The molecule has 5 nitrogen and oxygen atoms in total. The van der Waals surface area contributed by atoms with Gasteiger partial charge in [-0.05, 0) is 12.2 Å². The highest BCUT2D eigenvalue weighted by Gasteiger charge is 2.00. The first-order chi connectivity index (χ1) is 8.03. The lowest BCUT2D eigenvalue weighted by Gasteiger charge is -2.04. The Morgan fingerprint density at radius 1 is 1.12 bits per heavy atom. The largest absolute Gasteiger partial charge is 0.327 e. The van der Waals surface area contributed by atoms with E-state index in [1.165, 1.54) is 0 Å². The van der Waals surface area contributed by atoms with Crippen molar-refractivity contribution in [2.24, 2.45) is 4.99 Å². The highest BCUT2D eigenvalue weighted by molar-refractivity contribution is 6.04. The number of nitrogens with zero attached hydrogens (tertiary/aromatic N) is 1. The van der Waals surface area contributed by atoms with Gasteiger partial charge in [-0.15, -0.1) is 0 Å². The number of carbonyl (C=O) groups excluding carboxylic acids is 2. The number of aliphatic imine (C=N–C) groups is 1. The van der Waals surface area contributed by atoms with E-state index in [2.05, 4.69) is 22.2 Å². The number of nitrogens with one attached hydrogen (secondary N) is 2. The van der Waals surface area contributed by atoms with E-state index in [0.29, 0.717) is 24.4 Å². The van der Waals surface area contributed by atoms with Crippen LogP contribution in [-0.4, -0.2) is 24.7 Å². The van der Waals surface area contributed by atoms with E-state index in [0.717, 1.165) is 0 Å². The Morgan fingerprint density at radius 2 is 1.65 bits per heavy atom. The highest BCUT2D eigenvalue weighted by atomic mass is 16.2. The first-order valence-corrected chi connectivity index (χ1v) is 5.46. The van der Waals surface area contributed by atoms with Crippen LogP contribution in [0, 0.1) is 0 Å². The molecule has 2 N–H and O–H groups in total. The van der Waals surface area contributed by atoms with Gasteiger partial charge in [0, 0.05) is 25.6 Å². The van der Waals surface area contributed by atoms with E-state index in [4.69, 9.17) is 0 Å². The lowest BCUT2D eigenvalue weighted by molar-refractivity contribution is -0.120. The molecule has 0 fully saturated rings. The number of allylic oxidation sites excluding steroid dienone is 1. The van der Waals surface area contributed by atoms with Crippen LogP contribution in [0.1, 0.15) is 26.7 Å². The number of carbonyl (C=O) groups is 2. The highest BCUT2D eigenvalue weighted by Crippen LogP contribution is 1.90. The average Bonchev–Trinajstić information content (AvgIpc) is 2.33. The van der Waals surface area contributed by atoms with Gasteiger partial charge >= 0.3 is 0 Å². The summed E-state index contributed by atoms with van der Waals surface area (Å²) in [5, 5.41) is 5.20. The smallest absolute Gasteiger partial charge is 0.225 e. The van der Waals surface area contributed by atoms with Crippen molar-refractivity contribution >= 4 is 17.6 Å². The Bertz CT molecular complexity index is 357. The Kier molecular flexibility index (Phi) is 7.34. The minimum absolute atomic E-state index is 0.104. The SMILES string of the molecule is C=C(/C=C\C(=NC)NC(=O)CC)NC(=O)CC. The van der Waals surface area contributed by atoms with Crippen LogP contribution < -0.4 is 10.6 Å². The lowest BCUT2D eigenvalue weighted by atomic mass is 10.3. The quantitative estimate of drug-likeness (QED) is 0.427. The van der Waals surface area contributed by atoms with E-state index in [9.17, 15) is 9.59 Å². The van der Waals surface area contributed by atoms with Gasteiger partial charge in [-0.2, -0.15) is 0 Å². The Hall–Kier alpha value is -1.91. The predicted octanol–water partition coefficient (Wildman–Crippen LogP) is 1.14. The van der Waals surface area contributed by atoms with Gasteiger partial charge in [-0.25, -0.2) is 0 Å². The Balaban J connectivity index is 4.33. The van der Waals surface area contributed by atoms with Crippen LogP contribution in [0.25, 0.3) is 0 Å². The molecule has 0 aromatic carbocycles. The summed E-state index contributed by atoms with van der Waals surface area (Å²) in [4.78, 5) is 26.1. The van der Waals surface area contributed by atoms with E-state index in [-0.39, 0.29) is 11.8 Å². The second-order valence-corrected chi connectivity index (χ2v) is 3.27. The van der Waals surface area contributed by atoms with Gasteiger partial charge in [0.25, 0.3) is 0 Å². The van der Waals surface area contributed by atoms with E-state index >= 15 is 0 Å². The zero-order valence-corrected chi connectivity index (χ0v) is 10.5. The molecule has 0 aliphatic carbocycles. The summed E-state index contributed by atoms with van der Waals surface area (Å²) in [5.41, 5.74) is 0.462. The molecule has 17 heavy (non-hydrogen) atoms. The number of hydrogen-bond acceptors (Lipinski definition) is 3. The van der Waals surface area contributed by atoms with Gasteiger partial charge < -0.3 is 10.6 Å². The molecule has 0 unspecified atom stereocenters. The monoisotopic (exact) mass is 237 g/mol. The molecular weight excluding hydrogens is 218 g/mol. The fourth-order valence-electron chi connectivity index (χ4n) is 0.892. The predicted molar refractivity (Wildman–Crippen MR) is 68.5 cm³/mol. The molecule has 0 aromatic heterocycles. The molecule has 0 aromatic rings. The van der Waals surface area contributed by atoms with Gasteiger partial charge in [-0.3, -0.25) is 14.6 Å². The number of amidine groups is 1. The maximum atomic E-state index is 11.1. The molecule has 0 saturated heterocycles. The van der Waals surface area contributed by atoms with Crippen molar-refractivity contribution < 1.29 is 9.59 Å². The molecule has 0 heterocycles. The lowest BCUT2D eigenvalue weighted by Crippen LogP contribution is -2.28. The van der Waals surface area contributed by atoms with Gasteiger partial charge in [0.2, 0.25) is 11.8 Å². The van der Waals surface area contributed by atoms with Crippen molar-refractivity contribution in [2.45, 2.75) is 26.7 Å². The van der Waals surface area contributed by atoms with Crippen LogP contribution in [0.15, 0.2) is 29.4 Å². The zero-order valence-electron chi connectivity index (χ0n) is 10.5. The molecular formula is C12H19N3O2. The van der Waals surface area contributed by atoms with E-state index < -0.39 is 0 Å². The maximum absolute atomic E-state index is 11.1.